The maximum atomic E-state index is 13.6. The first kappa shape index (κ1) is 14.6. The molecule has 0 heterocycles. The van der Waals surface area contributed by atoms with Crippen molar-refractivity contribution in [3.8, 4) is 0 Å². The van der Waals surface area contributed by atoms with Gasteiger partial charge in [-0.2, -0.15) is 0 Å². The van der Waals surface area contributed by atoms with Crippen LogP contribution in [0, 0.1) is 5.82 Å². The van der Waals surface area contributed by atoms with Crippen LogP contribution in [0.1, 0.15) is 17.2 Å². The molecule has 1 N–H and O–H groups in total. The molecule has 0 aliphatic carbocycles. The Bertz CT molecular complexity index is 601. The molecule has 1 atom stereocenters. The quantitative estimate of drug-likeness (QED) is 0.830. The van der Waals surface area contributed by atoms with Crippen molar-refractivity contribution in [3.63, 3.8) is 0 Å². The Morgan fingerprint density at radius 1 is 1.00 bits per heavy atom. The highest BCUT2D eigenvalue weighted by molar-refractivity contribution is 6.33. The number of hydrogen-bond donors (Lipinski definition) is 1. The smallest absolute Gasteiger partial charge is 0.142 e. The van der Waals surface area contributed by atoms with Gasteiger partial charge in [0.05, 0.1) is 11.1 Å². The van der Waals surface area contributed by atoms with Crippen LogP contribution in [0.2, 0.25) is 15.1 Å². The van der Waals surface area contributed by atoms with Gasteiger partial charge in [-0.05, 0) is 48.5 Å². The summed E-state index contributed by atoms with van der Waals surface area (Å²) in [5.74, 6) is -0.461. The third kappa shape index (κ3) is 3.21. The van der Waals surface area contributed by atoms with E-state index in [-0.39, 0.29) is 11.1 Å². The van der Waals surface area contributed by atoms with E-state index in [1.165, 1.54) is 12.1 Å². The van der Waals surface area contributed by atoms with Crippen LogP contribution in [0.25, 0.3) is 0 Å². The molecule has 0 aromatic heterocycles. The summed E-state index contributed by atoms with van der Waals surface area (Å²) < 4.78 is 13.6. The zero-order valence-electron chi connectivity index (χ0n) is 10.1. The minimum Gasteiger partial charge on any atom is -0.309 e. The van der Waals surface area contributed by atoms with Crippen LogP contribution in [0.4, 0.5) is 4.39 Å². The van der Waals surface area contributed by atoms with E-state index in [1.807, 2.05) is 0 Å². The average molecular weight is 319 g/mol. The van der Waals surface area contributed by atoms with E-state index in [1.54, 1.807) is 31.3 Å². The molecule has 2 aromatic carbocycles. The lowest BCUT2D eigenvalue weighted by molar-refractivity contribution is 0.617. The molecule has 0 saturated heterocycles. The summed E-state index contributed by atoms with van der Waals surface area (Å²) in [7, 11) is 1.77. The van der Waals surface area contributed by atoms with Crippen LogP contribution >= 0.6 is 34.8 Å². The highest BCUT2D eigenvalue weighted by Crippen LogP contribution is 2.31. The Kier molecular flexibility index (Phi) is 4.69. The van der Waals surface area contributed by atoms with Crippen LogP contribution in [-0.2, 0) is 0 Å². The van der Waals surface area contributed by atoms with E-state index in [0.29, 0.717) is 10.0 Å². The second-order valence-electron chi connectivity index (χ2n) is 4.06. The van der Waals surface area contributed by atoms with Gasteiger partial charge in [0.2, 0.25) is 0 Å². The molecule has 1 unspecified atom stereocenters. The van der Waals surface area contributed by atoms with Crippen molar-refractivity contribution < 1.29 is 4.39 Å². The van der Waals surface area contributed by atoms with Crippen LogP contribution in [-0.4, -0.2) is 7.05 Å². The standard InChI is InChI=1S/C14H11Cl3FN/c1-19-14(8-2-4-12(17)13(18)6-8)10-7-9(15)3-5-11(10)16/h2-7,14,19H,1H3. The van der Waals surface area contributed by atoms with Crippen molar-refractivity contribution in [2.45, 2.75) is 6.04 Å². The molecule has 0 fully saturated rings. The first-order valence-corrected chi connectivity index (χ1v) is 6.73. The molecule has 1 nitrogen and oxygen atoms in total. The molecule has 0 spiro atoms. The lowest BCUT2D eigenvalue weighted by Crippen LogP contribution is -2.18. The van der Waals surface area contributed by atoms with Crippen molar-refractivity contribution >= 4 is 34.8 Å². The van der Waals surface area contributed by atoms with Crippen LogP contribution in [0.3, 0.4) is 0 Å². The molecule has 0 saturated carbocycles. The fourth-order valence-electron chi connectivity index (χ4n) is 1.93. The molecule has 5 heteroatoms. The normalized spacial score (nSPS) is 12.5. The monoisotopic (exact) mass is 317 g/mol. The molecule has 19 heavy (non-hydrogen) atoms. The largest absolute Gasteiger partial charge is 0.309 e. The molecule has 0 amide bonds. The van der Waals surface area contributed by atoms with E-state index in [2.05, 4.69) is 5.32 Å². The van der Waals surface area contributed by atoms with Crippen molar-refractivity contribution in [2.24, 2.45) is 0 Å². The summed E-state index contributed by atoms with van der Waals surface area (Å²) in [4.78, 5) is 0. The molecule has 0 aliphatic heterocycles. The SMILES string of the molecule is CNC(c1ccc(Cl)c(F)c1)c1cc(Cl)ccc1Cl. The number of rotatable bonds is 3. The summed E-state index contributed by atoms with van der Waals surface area (Å²) in [6.45, 7) is 0. The second-order valence-corrected chi connectivity index (χ2v) is 5.31. The molecule has 2 aromatic rings. The highest BCUT2D eigenvalue weighted by Gasteiger charge is 2.17. The lowest BCUT2D eigenvalue weighted by atomic mass is 9.98. The minimum atomic E-state index is -0.461. The summed E-state index contributed by atoms with van der Waals surface area (Å²) in [5, 5.41) is 4.34. The number of hydrogen-bond acceptors (Lipinski definition) is 1. The lowest BCUT2D eigenvalue weighted by Gasteiger charge is -2.19. The summed E-state index contributed by atoms with van der Waals surface area (Å²) in [5.41, 5.74) is 1.52. The maximum Gasteiger partial charge on any atom is 0.142 e. The first-order valence-electron chi connectivity index (χ1n) is 5.60. The Morgan fingerprint density at radius 2 is 1.68 bits per heavy atom. The second kappa shape index (κ2) is 6.10. The van der Waals surface area contributed by atoms with Crippen LogP contribution in [0.5, 0.6) is 0 Å². The van der Waals surface area contributed by atoms with E-state index >= 15 is 0 Å². The Morgan fingerprint density at radius 3 is 2.32 bits per heavy atom. The van der Waals surface area contributed by atoms with Crippen LogP contribution < -0.4 is 5.32 Å². The molecule has 100 valence electrons. The van der Waals surface area contributed by atoms with Gasteiger partial charge in [-0.25, -0.2) is 4.39 Å². The fraction of sp³-hybridized carbons (Fsp3) is 0.143. The van der Waals surface area contributed by atoms with E-state index in [0.717, 1.165) is 11.1 Å². The summed E-state index contributed by atoms with van der Waals surface area (Å²) >= 11 is 17.8. The molecular formula is C14H11Cl3FN. The van der Waals surface area contributed by atoms with E-state index < -0.39 is 5.82 Å². The highest BCUT2D eigenvalue weighted by atomic mass is 35.5. The zero-order valence-corrected chi connectivity index (χ0v) is 12.3. The number of nitrogens with one attached hydrogen (secondary N) is 1. The molecular weight excluding hydrogens is 308 g/mol. The van der Waals surface area contributed by atoms with Crippen molar-refractivity contribution in [1.82, 2.24) is 5.32 Å². The Hall–Kier alpha value is -0.800. The van der Waals surface area contributed by atoms with Crippen molar-refractivity contribution in [3.05, 3.63) is 68.4 Å². The predicted molar refractivity (Wildman–Crippen MR) is 78.8 cm³/mol. The summed E-state index contributed by atoms with van der Waals surface area (Å²) in [6.07, 6.45) is 0. The molecule has 0 radical (unpaired) electrons. The third-order valence-electron chi connectivity index (χ3n) is 2.83. The van der Waals surface area contributed by atoms with Gasteiger partial charge in [0.1, 0.15) is 5.82 Å². The third-order valence-corrected chi connectivity index (χ3v) is 3.72. The molecule has 2 rings (SSSR count). The average Bonchev–Trinajstić information content (AvgIpc) is 2.38. The number of benzene rings is 2. The fourth-order valence-corrected chi connectivity index (χ4v) is 2.45. The van der Waals surface area contributed by atoms with Gasteiger partial charge in [0.25, 0.3) is 0 Å². The predicted octanol–water partition coefficient (Wildman–Crippen LogP) is 5.09. The first-order chi connectivity index (χ1) is 9.02. The van der Waals surface area contributed by atoms with Crippen molar-refractivity contribution in [1.29, 1.82) is 0 Å². The van der Waals surface area contributed by atoms with Gasteiger partial charge in [-0.15, -0.1) is 0 Å². The van der Waals surface area contributed by atoms with Crippen molar-refractivity contribution in [2.75, 3.05) is 7.05 Å². The van der Waals surface area contributed by atoms with Gasteiger partial charge in [0, 0.05) is 10.0 Å². The maximum absolute atomic E-state index is 13.6. The number of halogens is 4. The van der Waals surface area contributed by atoms with Gasteiger partial charge in [-0.3, -0.25) is 0 Å². The van der Waals surface area contributed by atoms with E-state index in [4.69, 9.17) is 34.8 Å². The van der Waals surface area contributed by atoms with E-state index in [9.17, 15) is 4.39 Å². The van der Waals surface area contributed by atoms with Gasteiger partial charge in [0.15, 0.2) is 0 Å². The Balaban J connectivity index is 2.49. The van der Waals surface area contributed by atoms with Gasteiger partial charge >= 0.3 is 0 Å². The Labute approximate surface area is 126 Å². The molecule has 0 aliphatic rings. The van der Waals surface area contributed by atoms with Gasteiger partial charge in [-0.1, -0.05) is 40.9 Å². The zero-order chi connectivity index (χ0) is 14.0. The van der Waals surface area contributed by atoms with Crippen LogP contribution in [0.15, 0.2) is 36.4 Å². The topological polar surface area (TPSA) is 12.0 Å². The molecule has 0 bridgehead atoms. The summed E-state index contributed by atoms with van der Waals surface area (Å²) in [6, 6.07) is 9.60. The van der Waals surface area contributed by atoms with Gasteiger partial charge < -0.3 is 5.32 Å². The minimum absolute atomic E-state index is 0.0933.